The van der Waals surface area contributed by atoms with Crippen molar-refractivity contribution >= 4 is 17.3 Å². The van der Waals surface area contributed by atoms with Crippen LogP contribution in [0.25, 0.3) is 0 Å². The van der Waals surface area contributed by atoms with Crippen molar-refractivity contribution in [2.75, 3.05) is 43.6 Å². The average Bonchev–Trinajstić information content (AvgIpc) is 2.31. The Balaban J connectivity index is 1.91. The number of hydrogen-bond acceptors (Lipinski definition) is 4. The second-order valence-electron chi connectivity index (χ2n) is 4.82. The Kier molecular flexibility index (Phi) is 2.63. The van der Waals surface area contributed by atoms with E-state index >= 15 is 0 Å². The van der Waals surface area contributed by atoms with Crippen LogP contribution in [0.1, 0.15) is 0 Å². The lowest BCUT2D eigenvalue weighted by Crippen LogP contribution is -2.56. The molecule has 1 amide bonds. The summed E-state index contributed by atoms with van der Waals surface area (Å²) in [5.41, 5.74) is 1.97. The minimum Gasteiger partial charge on any atom is -0.482 e. The molecule has 5 heteroatoms. The SMILES string of the molecule is CN1C(=O)COc2ccc(N(C)C3CNC3)cc21. The van der Waals surface area contributed by atoms with E-state index in [1.165, 1.54) is 0 Å². The number of carbonyl (C=O) groups is 1. The molecule has 0 unspecified atom stereocenters. The van der Waals surface area contributed by atoms with Crippen molar-refractivity contribution in [2.45, 2.75) is 6.04 Å². The highest BCUT2D eigenvalue weighted by atomic mass is 16.5. The summed E-state index contributed by atoms with van der Waals surface area (Å²) in [5.74, 6) is 0.772. The largest absolute Gasteiger partial charge is 0.482 e. The van der Waals surface area contributed by atoms with E-state index in [-0.39, 0.29) is 12.5 Å². The van der Waals surface area contributed by atoms with Crippen LogP contribution in [0, 0.1) is 0 Å². The maximum absolute atomic E-state index is 11.6. The van der Waals surface area contributed by atoms with Crippen molar-refractivity contribution in [1.29, 1.82) is 0 Å². The van der Waals surface area contributed by atoms with E-state index in [1.54, 1.807) is 11.9 Å². The van der Waals surface area contributed by atoms with Crippen LogP contribution in [-0.2, 0) is 4.79 Å². The zero-order valence-corrected chi connectivity index (χ0v) is 10.6. The number of hydrogen-bond donors (Lipinski definition) is 1. The fourth-order valence-corrected chi connectivity index (χ4v) is 2.24. The van der Waals surface area contributed by atoms with Crippen molar-refractivity contribution in [3.8, 4) is 5.75 Å². The van der Waals surface area contributed by atoms with Crippen LogP contribution < -0.4 is 19.9 Å². The smallest absolute Gasteiger partial charge is 0.264 e. The first-order chi connectivity index (χ1) is 8.66. The van der Waals surface area contributed by atoms with Gasteiger partial charge in [-0.05, 0) is 18.2 Å². The number of benzene rings is 1. The van der Waals surface area contributed by atoms with Crippen LogP contribution in [0.15, 0.2) is 18.2 Å². The van der Waals surface area contributed by atoms with Gasteiger partial charge in [0.15, 0.2) is 6.61 Å². The summed E-state index contributed by atoms with van der Waals surface area (Å²) in [6, 6.07) is 6.54. The predicted octanol–water partition coefficient (Wildman–Crippen LogP) is 0.450. The molecule has 0 saturated carbocycles. The maximum atomic E-state index is 11.6. The fraction of sp³-hybridized carbons (Fsp3) is 0.462. The Morgan fingerprint density at radius 3 is 2.89 bits per heavy atom. The number of amides is 1. The first-order valence-corrected chi connectivity index (χ1v) is 6.14. The molecule has 0 radical (unpaired) electrons. The molecule has 1 aromatic carbocycles. The first kappa shape index (κ1) is 11.3. The number of fused-ring (bicyclic) bond motifs is 1. The molecule has 96 valence electrons. The van der Waals surface area contributed by atoms with Gasteiger partial charge in [0.2, 0.25) is 0 Å². The van der Waals surface area contributed by atoms with E-state index in [0.717, 1.165) is 30.2 Å². The first-order valence-electron chi connectivity index (χ1n) is 6.14. The van der Waals surface area contributed by atoms with Crippen molar-refractivity contribution in [1.82, 2.24) is 5.32 Å². The molecule has 2 aliphatic heterocycles. The summed E-state index contributed by atoms with van der Waals surface area (Å²) in [4.78, 5) is 15.5. The van der Waals surface area contributed by atoms with Gasteiger partial charge in [-0.15, -0.1) is 0 Å². The van der Waals surface area contributed by atoms with Gasteiger partial charge in [-0.3, -0.25) is 4.79 Å². The fourth-order valence-electron chi connectivity index (χ4n) is 2.24. The number of carbonyl (C=O) groups excluding carboxylic acids is 1. The van der Waals surface area contributed by atoms with Gasteiger partial charge in [-0.25, -0.2) is 0 Å². The molecule has 1 saturated heterocycles. The van der Waals surface area contributed by atoms with E-state index in [4.69, 9.17) is 4.74 Å². The van der Waals surface area contributed by atoms with Gasteiger partial charge in [0.1, 0.15) is 5.75 Å². The molecule has 1 N–H and O–H groups in total. The van der Waals surface area contributed by atoms with Crippen LogP contribution in [0.3, 0.4) is 0 Å². The summed E-state index contributed by atoms with van der Waals surface area (Å²) in [6.45, 7) is 2.16. The molecule has 0 spiro atoms. The molecule has 2 heterocycles. The summed E-state index contributed by atoms with van der Waals surface area (Å²) in [5, 5.41) is 3.26. The number of ether oxygens (including phenoxy) is 1. The quantitative estimate of drug-likeness (QED) is 0.824. The lowest BCUT2D eigenvalue weighted by molar-refractivity contribution is -0.120. The van der Waals surface area contributed by atoms with Gasteiger partial charge >= 0.3 is 0 Å². The van der Waals surface area contributed by atoms with Crippen molar-refractivity contribution in [2.24, 2.45) is 0 Å². The van der Waals surface area contributed by atoms with Gasteiger partial charge in [0.25, 0.3) is 5.91 Å². The number of nitrogens with zero attached hydrogens (tertiary/aromatic N) is 2. The van der Waals surface area contributed by atoms with Crippen LogP contribution in [0.4, 0.5) is 11.4 Å². The number of likely N-dealkylation sites (N-methyl/N-ethyl adjacent to an activating group) is 2. The molecule has 1 fully saturated rings. The number of anilines is 2. The third-order valence-corrected chi connectivity index (χ3v) is 3.74. The van der Waals surface area contributed by atoms with E-state index < -0.39 is 0 Å². The Morgan fingerprint density at radius 2 is 2.22 bits per heavy atom. The van der Waals surface area contributed by atoms with Gasteiger partial charge in [-0.2, -0.15) is 0 Å². The highest BCUT2D eigenvalue weighted by molar-refractivity contribution is 5.97. The molecule has 0 bridgehead atoms. The Morgan fingerprint density at radius 1 is 1.44 bits per heavy atom. The molecule has 18 heavy (non-hydrogen) atoms. The Hall–Kier alpha value is -1.75. The monoisotopic (exact) mass is 247 g/mol. The van der Waals surface area contributed by atoms with Crippen LogP contribution in [0.5, 0.6) is 5.75 Å². The van der Waals surface area contributed by atoms with E-state index in [0.29, 0.717) is 6.04 Å². The molecular formula is C13H17N3O2. The van der Waals surface area contributed by atoms with Crippen molar-refractivity contribution in [3.63, 3.8) is 0 Å². The van der Waals surface area contributed by atoms with E-state index in [9.17, 15) is 4.79 Å². The highest BCUT2D eigenvalue weighted by Gasteiger charge is 2.25. The molecule has 0 atom stereocenters. The molecular weight excluding hydrogens is 230 g/mol. The van der Waals surface area contributed by atoms with Gasteiger partial charge in [0.05, 0.1) is 11.7 Å². The zero-order valence-electron chi connectivity index (χ0n) is 10.6. The summed E-state index contributed by atoms with van der Waals surface area (Å²) < 4.78 is 5.42. The lowest BCUT2D eigenvalue weighted by atomic mass is 10.1. The highest BCUT2D eigenvalue weighted by Crippen LogP contribution is 2.35. The van der Waals surface area contributed by atoms with Crippen molar-refractivity contribution < 1.29 is 9.53 Å². The predicted molar refractivity (Wildman–Crippen MR) is 70.4 cm³/mol. The molecule has 0 aromatic heterocycles. The van der Waals surface area contributed by atoms with E-state index in [2.05, 4.69) is 17.3 Å². The van der Waals surface area contributed by atoms with Crippen LogP contribution in [0.2, 0.25) is 0 Å². The van der Waals surface area contributed by atoms with Crippen LogP contribution in [-0.4, -0.2) is 45.7 Å². The van der Waals surface area contributed by atoms with Gasteiger partial charge < -0.3 is 19.9 Å². The molecule has 3 rings (SSSR count). The zero-order chi connectivity index (χ0) is 12.7. The number of rotatable bonds is 2. The normalized spacial score (nSPS) is 19.0. The average molecular weight is 247 g/mol. The molecule has 2 aliphatic rings. The third-order valence-electron chi connectivity index (χ3n) is 3.74. The molecule has 5 nitrogen and oxygen atoms in total. The summed E-state index contributed by atoms with van der Waals surface area (Å²) >= 11 is 0. The summed E-state index contributed by atoms with van der Waals surface area (Å²) in [7, 11) is 3.87. The number of nitrogens with one attached hydrogen (secondary N) is 1. The topological polar surface area (TPSA) is 44.8 Å². The van der Waals surface area contributed by atoms with E-state index in [1.807, 2.05) is 18.2 Å². The summed E-state index contributed by atoms with van der Waals surface area (Å²) in [6.07, 6.45) is 0. The third kappa shape index (κ3) is 1.71. The lowest BCUT2D eigenvalue weighted by Gasteiger charge is -2.38. The second-order valence-corrected chi connectivity index (χ2v) is 4.82. The van der Waals surface area contributed by atoms with Gasteiger partial charge in [-0.1, -0.05) is 0 Å². The van der Waals surface area contributed by atoms with Crippen molar-refractivity contribution in [3.05, 3.63) is 18.2 Å². The molecule has 1 aromatic rings. The Labute approximate surface area is 106 Å². The maximum Gasteiger partial charge on any atom is 0.264 e. The molecule has 0 aliphatic carbocycles. The second kappa shape index (κ2) is 4.17. The van der Waals surface area contributed by atoms with Gasteiger partial charge in [0, 0.05) is 32.9 Å². The van der Waals surface area contributed by atoms with Crippen LogP contribution >= 0.6 is 0 Å². The Bertz CT molecular complexity index is 485. The minimum absolute atomic E-state index is 0.00684. The standard InChI is InChI=1S/C13H17N3O2/c1-15(10-6-14-7-10)9-3-4-12-11(5-9)16(2)13(17)8-18-12/h3-5,10,14H,6-8H2,1-2H3. The minimum atomic E-state index is -0.00684.